The minimum Gasteiger partial charge on any atom is -0.477 e. The van der Waals surface area contributed by atoms with Crippen molar-refractivity contribution < 1.29 is 9.53 Å². The van der Waals surface area contributed by atoms with Crippen LogP contribution in [0.2, 0.25) is 0 Å². The highest BCUT2D eigenvalue weighted by molar-refractivity contribution is 6.35. The van der Waals surface area contributed by atoms with E-state index in [4.69, 9.17) is 16.3 Å². The molecule has 1 aliphatic carbocycles. The van der Waals surface area contributed by atoms with E-state index in [0.29, 0.717) is 12.5 Å². The van der Waals surface area contributed by atoms with Crippen LogP contribution in [0.3, 0.4) is 0 Å². The fraction of sp³-hybridized carbons (Fsp3) is 0.312. The lowest BCUT2D eigenvalue weighted by atomic mass is 10.2. The van der Waals surface area contributed by atoms with Crippen molar-refractivity contribution in [3.8, 4) is 0 Å². The van der Waals surface area contributed by atoms with Crippen LogP contribution in [-0.2, 0) is 16.1 Å². The molecule has 122 valence electrons. The summed E-state index contributed by atoms with van der Waals surface area (Å²) >= 11 is 5.92. The zero-order valence-corrected chi connectivity index (χ0v) is 13.4. The molecule has 0 radical (unpaired) electrons. The number of nitrogens with zero attached hydrogens (tertiary/aromatic N) is 1. The number of halogens is 1. The first-order valence-electron chi connectivity index (χ1n) is 7.15. The first-order valence-corrected chi connectivity index (χ1v) is 7.53. The van der Waals surface area contributed by atoms with E-state index in [1.54, 1.807) is 6.07 Å². The van der Waals surface area contributed by atoms with Crippen LogP contribution >= 0.6 is 11.6 Å². The van der Waals surface area contributed by atoms with Crippen molar-refractivity contribution in [2.75, 3.05) is 6.61 Å². The number of ether oxygens (including phenoxy) is 1. The zero-order chi connectivity index (χ0) is 16.8. The normalized spacial score (nSPS) is 14.7. The van der Waals surface area contributed by atoms with Crippen LogP contribution in [0.4, 0.5) is 0 Å². The lowest BCUT2D eigenvalue weighted by Crippen LogP contribution is -2.26. The molecule has 1 heterocycles. The Morgan fingerprint density at radius 2 is 2.22 bits per heavy atom. The van der Waals surface area contributed by atoms with Gasteiger partial charge in [0.05, 0.1) is 11.6 Å². The first-order chi connectivity index (χ1) is 11.0. The smallest absolute Gasteiger partial charge is 0.258 e. The van der Waals surface area contributed by atoms with Crippen LogP contribution in [0.15, 0.2) is 51.2 Å². The van der Waals surface area contributed by atoms with Gasteiger partial charge in [-0.2, -0.15) is 0 Å². The molecule has 1 aromatic heterocycles. The van der Waals surface area contributed by atoms with Crippen molar-refractivity contribution in [3.05, 3.63) is 57.3 Å². The maximum Gasteiger partial charge on any atom is 0.258 e. The molecule has 2 N–H and O–H groups in total. The molecule has 0 bridgehead atoms. The van der Waals surface area contributed by atoms with E-state index in [1.165, 1.54) is 12.3 Å². The number of carbonyl (C=O) groups is 1. The highest BCUT2D eigenvalue weighted by Crippen LogP contribution is 2.30. The van der Waals surface area contributed by atoms with Crippen LogP contribution in [0.1, 0.15) is 18.4 Å². The number of amides is 1. The summed E-state index contributed by atoms with van der Waals surface area (Å²) in [7, 11) is 0. The molecule has 0 spiro atoms. The van der Waals surface area contributed by atoms with Gasteiger partial charge in [0.15, 0.2) is 0 Å². The number of aromatic amines is 1. The second-order valence-electron chi connectivity index (χ2n) is 5.24. The van der Waals surface area contributed by atoms with Gasteiger partial charge >= 0.3 is 0 Å². The van der Waals surface area contributed by atoms with Crippen molar-refractivity contribution in [1.29, 1.82) is 0 Å². The third-order valence-electron chi connectivity index (χ3n) is 3.31. The van der Waals surface area contributed by atoms with Gasteiger partial charge in [0, 0.05) is 18.8 Å². The van der Waals surface area contributed by atoms with Gasteiger partial charge in [0.25, 0.3) is 5.91 Å². The molecule has 0 aliphatic heterocycles. The predicted octanol–water partition coefficient (Wildman–Crippen LogP) is 2.08. The van der Waals surface area contributed by atoms with E-state index >= 15 is 0 Å². The third-order valence-corrected chi connectivity index (χ3v) is 3.50. The van der Waals surface area contributed by atoms with Crippen LogP contribution < -0.4 is 10.9 Å². The summed E-state index contributed by atoms with van der Waals surface area (Å²) in [4.78, 5) is 29.6. The van der Waals surface area contributed by atoms with E-state index in [0.717, 1.165) is 18.4 Å². The number of hydrogen-bond donors (Lipinski definition) is 2. The molecule has 0 unspecified atom stereocenters. The van der Waals surface area contributed by atoms with E-state index in [2.05, 4.69) is 28.6 Å². The van der Waals surface area contributed by atoms with Crippen molar-refractivity contribution in [3.63, 3.8) is 0 Å². The summed E-state index contributed by atoms with van der Waals surface area (Å²) in [5.74, 6) is 0.117. The molecule has 1 fully saturated rings. The second kappa shape index (κ2) is 7.78. The maximum atomic E-state index is 12.3. The molecule has 6 nitrogen and oxygen atoms in total. The minimum atomic E-state index is -0.464. The Hall–Kier alpha value is -2.34. The molecular formula is C16H18ClN3O3. The van der Waals surface area contributed by atoms with Crippen LogP contribution in [0.5, 0.6) is 0 Å². The van der Waals surface area contributed by atoms with Crippen LogP contribution in [0.25, 0.3) is 0 Å². The van der Waals surface area contributed by atoms with Gasteiger partial charge < -0.3 is 15.0 Å². The van der Waals surface area contributed by atoms with Gasteiger partial charge in [-0.25, -0.2) is 4.99 Å². The third kappa shape index (κ3) is 5.10. The summed E-state index contributed by atoms with van der Waals surface area (Å²) < 4.78 is 5.52. The van der Waals surface area contributed by atoms with Gasteiger partial charge in [0.1, 0.15) is 5.57 Å². The Labute approximate surface area is 138 Å². The number of hydrogen-bond acceptors (Lipinski definition) is 4. The Balaban J connectivity index is 2.06. The van der Waals surface area contributed by atoms with E-state index in [1.807, 2.05) is 0 Å². The molecular weight excluding hydrogens is 318 g/mol. The Kier molecular flexibility index (Phi) is 5.76. The highest BCUT2D eigenvalue weighted by atomic mass is 35.5. The topological polar surface area (TPSA) is 83.5 Å². The van der Waals surface area contributed by atoms with Gasteiger partial charge in [-0.1, -0.05) is 24.2 Å². The van der Waals surface area contributed by atoms with Crippen molar-refractivity contribution in [2.24, 2.45) is 10.9 Å². The van der Waals surface area contributed by atoms with Crippen molar-refractivity contribution >= 4 is 24.2 Å². The number of H-pyrrole nitrogens is 1. The van der Waals surface area contributed by atoms with Crippen molar-refractivity contribution in [1.82, 2.24) is 10.3 Å². The summed E-state index contributed by atoms with van der Waals surface area (Å²) in [6.45, 7) is 7.71. The summed E-state index contributed by atoms with van der Waals surface area (Å²) in [6, 6.07) is 3.00. The molecule has 23 heavy (non-hydrogen) atoms. The molecule has 1 aromatic rings. The Morgan fingerprint density at radius 1 is 1.48 bits per heavy atom. The lowest BCUT2D eigenvalue weighted by molar-refractivity contribution is -0.117. The fourth-order valence-electron chi connectivity index (χ4n) is 1.84. The summed E-state index contributed by atoms with van der Waals surface area (Å²) in [6.07, 6.45) is 3.75. The predicted molar refractivity (Wildman–Crippen MR) is 89.2 cm³/mol. The average molecular weight is 336 g/mol. The molecule has 1 aliphatic rings. The van der Waals surface area contributed by atoms with E-state index in [-0.39, 0.29) is 28.6 Å². The quantitative estimate of drug-likeness (QED) is 0.330. The molecule has 0 atom stereocenters. The molecule has 0 aromatic carbocycles. The number of aliphatic imine (C=N–C) groups is 1. The Morgan fingerprint density at radius 3 is 2.74 bits per heavy atom. The number of pyridine rings is 1. The largest absolute Gasteiger partial charge is 0.477 e. The van der Waals surface area contributed by atoms with Gasteiger partial charge in [-0.3, -0.25) is 9.59 Å². The van der Waals surface area contributed by atoms with Gasteiger partial charge in [0.2, 0.25) is 11.4 Å². The summed E-state index contributed by atoms with van der Waals surface area (Å²) in [5, 5.41) is 2.72. The molecule has 0 saturated heterocycles. The number of nitrogens with one attached hydrogen (secondary N) is 2. The molecule has 2 rings (SSSR count). The molecule has 1 amide bonds. The zero-order valence-electron chi connectivity index (χ0n) is 12.6. The maximum absolute atomic E-state index is 12.3. The SMILES string of the molecule is C=N/C(OCC1CC1)=C(\C(=C)Cl)C(=O)NCc1ccc(=O)[nH]c1. The standard InChI is InChI=1S/C16H18ClN3O3/c1-10(17)14(16(18-2)23-9-11-3-4-11)15(22)20-8-12-5-6-13(21)19-7-12/h5-7,11H,1-4,8-9H2,(H,19,21)(H,20,22)/b16-14-. The monoisotopic (exact) mass is 335 g/mol. The number of rotatable bonds is 8. The summed E-state index contributed by atoms with van der Waals surface area (Å²) in [5.41, 5.74) is 0.595. The van der Waals surface area contributed by atoms with Crippen LogP contribution in [0, 0.1) is 5.92 Å². The first kappa shape index (κ1) is 17.0. The number of carbonyl (C=O) groups excluding carboxylic acids is 1. The fourth-order valence-corrected chi connectivity index (χ4v) is 2.00. The minimum absolute atomic E-state index is 0.0298. The second-order valence-corrected chi connectivity index (χ2v) is 5.70. The highest BCUT2D eigenvalue weighted by Gasteiger charge is 2.24. The van der Waals surface area contributed by atoms with Gasteiger partial charge in [-0.05, 0) is 31.0 Å². The molecule has 7 heteroatoms. The Bertz CT molecular complexity index is 684. The number of aromatic nitrogens is 1. The lowest BCUT2D eigenvalue weighted by Gasteiger charge is -2.12. The average Bonchev–Trinajstić information content (AvgIpc) is 3.34. The van der Waals surface area contributed by atoms with Crippen molar-refractivity contribution in [2.45, 2.75) is 19.4 Å². The van der Waals surface area contributed by atoms with Gasteiger partial charge in [-0.15, -0.1) is 0 Å². The van der Waals surface area contributed by atoms with E-state index in [9.17, 15) is 9.59 Å². The van der Waals surface area contributed by atoms with Crippen LogP contribution in [-0.4, -0.2) is 24.2 Å². The molecule has 1 saturated carbocycles. The van der Waals surface area contributed by atoms with E-state index < -0.39 is 5.91 Å².